The lowest BCUT2D eigenvalue weighted by atomic mass is 9.99. The van der Waals surface area contributed by atoms with Gasteiger partial charge in [-0.15, -0.1) is 0 Å². The number of likely N-dealkylation sites (tertiary alicyclic amines) is 1. The molecule has 4 N–H and O–H groups in total. The van der Waals surface area contributed by atoms with E-state index in [4.69, 9.17) is 4.74 Å². The van der Waals surface area contributed by atoms with Crippen LogP contribution in [0.2, 0.25) is 0 Å². The predicted molar refractivity (Wildman–Crippen MR) is 148 cm³/mol. The van der Waals surface area contributed by atoms with Crippen molar-refractivity contribution in [1.29, 1.82) is 0 Å². The molecular formula is C30H34F2N4O6. The maximum atomic E-state index is 14.8. The van der Waals surface area contributed by atoms with Crippen molar-refractivity contribution in [2.24, 2.45) is 5.41 Å². The van der Waals surface area contributed by atoms with Crippen LogP contribution in [0.5, 0.6) is 0 Å². The normalized spacial score (nSPS) is 22.9. The van der Waals surface area contributed by atoms with E-state index in [2.05, 4.69) is 16.0 Å². The number of ether oxygens (including phenoxy) is 1. The van der Waals surface area contributed by atoms with Crippen molar-refractivity contribution in [3.05, 3.63) is 59.2 Å². The Morgan fingerprint density at radius 1 is 1.00 bits per heavy atom. The van der Waals surface area contributed by atoms with Gasteiger partial charge in [-0.1, -0.05) is 30.3 Å². The van der Waals surface area contributed by atoms with E-state index in [9.17, 15) is 33.1 Å². The Morgan fingerprint density at radius 3 is 2.43 bits per heavy atom. The van der Waals surface area contributed by atoms with Crippen molar-refractivity contribution in [3.8, 4) is 11.1 Å². The van der Waals surface area contributed by atoms with Gasteiger partial charge in [-0.25, -0.2) is 9.59 Å². The minimum Gasteiger partial charge on any atom is -0.480 e. The van der Waals surface area contributed by atoms with Gasteiger partial charge >= 0.3 is 12.1 Å². The molecule has 42 heavy (non-hydrogen) atoms. The van der Waals surface area contributed by atoms with Crippen molar-refractivity contribution in [3.63, 3.8) is 0 Å². The summed E-state index contributed by atoms with van der Waals surface area (Å²) >= 11 is 0. The number of fused-ring (bicyclic) bond motifs is 4. The summed E-state index contributed by atoms with van der Waals surface area (Å²) in [4.78, 5) is 51.1. The minimum absolute atomic E-state index is 0.121. The number of carbonyl (C=O) groups excluding carboxylic acids is 3. The Labute approximate surface area is 241 Å². The summed E-state index contributed by atoms with van der Waals surface area (Å²) < 4.78 is 34.9. The number of aliphatic carboxylic acids is 1. The second kappa shape index (κ2) is 10.6. The summed E-state index contributed by atoms with van der Waals surface area (Å²) in [5.41, 5.74) is -0.572. The molecule has 224 valence electrons. The lowest BCUT2D eigenvalue weighted by molar-refractivity contribution is -0.149. The molecule has 0 aromatic heterocycles. The molecule has 1 heterocycles. The summed E-state index contributed by atoms with van der Waals surface area (Å²) in [6.07, 6.45) is 0.374. The number of amides is 3. The number of nitrogens with one attached hydrogen (secondary N) is 3. The Kier molecular flexibility index (Phi) is 7.46. The van der Waals surface area contributed by atoms with Gasteiger partial charge < -0.3 is 30.7 Å². The molecule has 3 aliphatic rings. The molecule has 3 amide bonds. The second-order valence-corrected chi connectivity index (χ2v) is 12.1. The summed E-state index contributed by atoms with van der Waals surface area (Å²) in [6.45, 7) is 6.10. The molecule has 2 aliphatic carbocycles. The van der Waals surface area contributed by atoms with E-state index in [1.54, 1.807) is 32.9 Å². The monoisotopic (exact) mass is 584 g/mol. The van der Waals surface area contributed by atoms with Crippen LogP contribution in [-0.2, 0) is 20.2 Å². The molecule has 1 aliphatic heterocycles. The number of halogens is 2. The van der Waals surface area contributed by atoms with E-state index < -0.39 is 53.4 Å². The van der Waals surface area contributed by atoms with Gasteiger partial charge in [0.05, 0.1) is 6.54 Å². The van der Waals surface area contributed by atoms with E-state index in [0.29, 0.717) is 31.6 Å². The fraction of sp³-hybridized carbons (Fsp3) is 0.467. The van der Waals surface area contributed by atoms with Crippen LogP contribution in [0, 0.1) is 5.41 Å². The smallest absolute Gasteiger partial charge is 0.407 e. The van der Waals surface area contributed by atoms with Gasteiger partial charge in [-0.2, -0.15) is 8.78 Å². The number of carboxylic acid groups (broad SMARTS) is 1. The molecule has 2 fully saturated rings. The second-order valence-electron chi connectivity index (χ2n) is 12.1. The molecule has 2 aromatic carbocycles. The summed E-state index contributed by atoms with van der Waals surface area (Å²) in [6, 6.07) is 8.73. The van der Waals surface area contributed by atoms with Gasteiger partial charge in [0, 0.05) is 47.8 Å². The first kappa shape index (κ1) is 29.4. The fourth-order valence-electron chi connectivity index (χ4n) is 6.03. The molecule has 0 spiro atoms. The van der Waals surface area contributed by atoms with E-state index in [1.165, 1.54) is 35.2 Å². The molecule has 10 nitrogen and oxygen atoms in total. The van der Waals surface area contributed by atoms with Gasteiger partial charge in [0.2, 0.25) is 5.91 Å². The molecule has 0 radical (unpaired) electrons. The zero-order chi connectivity index (χ0) is 30.4. The first-order valence-corrected chi connectivity index (χ1v) is 13.9. The third kappa shape index (κ3) is 5.55. The zero-order valence-electron chi connectivity index (χ0n) is 23.6. The van der Waals surface area contributed by atoms with Crippen molar-refractivity contribution in [1.82, 2.24) is 20.9 Å². The number of hydrogen-bond acceptors (Lipinski definition) is 6. The minimum atomic E-state index is -3.17. The molecular weight excluding hydrogens is 550 g/mol. The molecule has 1 saturated carbocycles. The number of nitrogens with zero attached hydrogens (tertiary/aromatic N) is 1. The van der Waals surface area contributed by atoms with Crippen LogP contribution in [-0.4, -0.2) is 77.7 Å². The molecule has 12 heteroatoms. The number of rotatable bonds is 9. The van der Waals surface area contributed by atoms with Crippen LogP contribution in [0.25, 0.3) is 11.1 Å². The molecule has 2 aromatic rings. The predicted octanol–water partition coefficient (Wildman–Crippen LogP) is 3.10. The van der Waals surface area contributed by atoms with E-state index in [-0.39, 0.29) is 34.7 Å². The Morgan fingerprint density at radius 2 is 1.71 bits per heavy atom. The van der Waals surface area contributed by atoms with E-state index in [1.807, 2.05) is 0 Å². The Balaban J connectivity index is 1.16. The lowest BCUT2D eigenvalue weighted by Gasteiger charge is -2.24. The van der Waals surface area contributed by atoms with Crippen molar-refractivity contribution < 1.29 is 37.8 Å². The van der Waals surface area contributed by atoms with Gasteiger partial charge in [-0.05, 0) is 56.9 Å². The van der Waals surface area contributed by atoms with Crippen molar-refractivity contribution >= 4 is 23.9 Å². The molecule has 0 unspecified atom stereocenters. The highest BCUT2D eigenvalue weighted by Crippen LogP contribution is 2.59. The van der Waals surface area contributed by atoms with E-state index in [0.717, 1.165) is 0 Å². The molecule has 5 rings (SSSR count). The van der Waals surface area contributed by atoms with Crippen molar-refractivity contribution in [2.45, 2.75) is 57.2 Å². The van der Waals surface area contributed by atoms with Crippen LogP contribution in [0.15, 0.2) is 42.5 Å². The number of benzene rings is 2. The van der Waals surface area contributed by atoms with Crippen LogP contribution >= 0.6 is 0 Å². The summed E-state index contributed by atoms with van der Waals surface area (Å²) in [7, 11) is 0. The van der Waals surface area contributed by atoms with Gasteiger partial charge in [0.25, 0.3) is 11.8 Å². The largest absolute Gasteiger partial charge is 0.480 e. The van der Waals surface area contributed by atoms with Gasteiger partial charge in [0.1, 0.15) is 11.6 Å². The van der Waals surface area contributed by atoms with E-state index >= 15 is 0 Å². The Bertz CT molecular complexity index is 1440. The first-order valence-electron chi connectivity index (χ1n) is 13.9. The molecule has 1 saturated heterocycles. The third-order valence-corrected chi connectivity index (χ3v) is 8.01. The summed E-state index contributed by atoms with van der Waals surface area (Å²) in [5.74, 6) is -5.43. The zero-order valence-corrected chi connectivity index (χ0v) is 23.6. The average molecular weight is 585 g/mol. The maximum Gasteiger partial charge on any atom is 0.407 e. The van der Waals surface area contributed by atoms with Crippen molar-refractivity contribution in [2.75, 3.05) is 26.2 Å². The van der Waals surface area contributed by atoms with Crippen LogP contribution in [0.1, 0.15) is 55.1 Å². The fourth-order valence-corrected chi connectivity index (χ4v) is 6.03. The molecule has 3 atom stereocenters. The van der Waals surface area contributed by atoms with Crippen LogP contribution in [0.3, 0.4) is 0 Å². The molecule has 0 bridgehead atoms. The van der Waals surface area contributed by atoms with Gasteiger partial charge in [-0.3, -0.25) is 9.59 Å². The topological polar surface area (TPSA) is 137 Å². The third-order valence-electron chi connectivity index (χ3n) is 8.01. The van der Waals surface area contributed by atoms with Crippen LogP contribution in [0.4, 0.5) is 13.6 Å². The number of alkyl carbamates (subject to hydrolysis) is 1. The number of piperidine rings is 1. The Hall–Kier alpha value is -4.06. The quantitative estimate of drug-likeness (QED) is 0.333. The first-order chi connectivity index (χ1) is 19.7. The highest BCUT2D eigenvalue weighted by molar-refractivity contribution is 5.99. The number of alkyl halides is 2. The highest BCUT2D eigenvalue weighted by Gasteiger charge is 2.66. The standard InChI is InChI=1S/C30H34F2N4O6/c1-28(2,3)42-27(41)34-11-10-33-16-29-13-22(26(39)40)36(23(29)14-29)24(37)15-35-25(38)17-8-9-21-19(12-17)18-6-4-5-7-20(18)30(21,31)32/h4-9,12,22-23,33H,10-11,13-16H2,1-3H3,(H,34,41)(H,35,38)(H,39,40)/t22-,23-,29+/m0/s1. The average Bonchev–Trinajstić information content (AvgIpc) is 3.44. The van der Waals surface area contributed by atoms with Gasteiger partial charge in [0.15, 0.2) is 0 Å². The lowest BCUT2D eigenvalue weighted by Crippen LogP contribution is -2.47. The SMILES string of the molecule is CC(C)(C)OC(=O)NCCNC[C@@]12C[C@@H]1N(C(=O)CNC(=O)c1ccc3c(c1)-c1ccccc1C3(F)F)[C@H](C(=O)O)C2. The summed E-state index contributed by atoms with van der Waals surface area (Å²) in [5, 5.41) is 18.2. The highest BCUT2D eigenvalue weighted by atomic mass is 19.3. The van der Waals surface area contributed by atoms with Crippen LogP contribution < -0.4 is 16.0 Å². The number of carboxylic acids is 1. The maximum absolute atomic E-state index is 14.8. The number of carbonyl (C=O) groups is 4. The number of hydrogen-bond donors (Lipinski definition) is 4.